The number of anilines is 1. The van der Waals surface area contributed by atoms with E-state index in [1.165, 1.54) is 17.6 Å². The van der Waals surface area contributed by atoms with Crippen molar-refractivity contribution in [3.8, 4) is 0 Å². The van der Waals surface area contributed by atoms with Gasteiger partial charge in [0.25, 0.3) is 17.7 Å². The van der Waals surface area contributed by atoms with E-state index in [1.807, 2.05) is 5.32 Å². The van der Waals surface area contributed by atoms with Gasteiger partial charge in [-0.25, -0.2) is 18.6 Å². The van der Waals surface area contributed by atoms with Crippen LogP contribution in [0.4, 0.5) is 18.6 Å². The van der Waals surface area contributed by atoms with Crippen molar-refractivity contribution in [1.29, 1.82) is 0 Å². The number of thiophene rings is 1. The van der Waals surface area contributed by atoms with Crippen molar-refractivity contribution in [3.63, 3.8) is 0 Å². The highest BCUT2D eigenvalue weighted by Gasteiger charge is 2.25. The summed E-state index contributed by atoms with van der Waals surface area (Å²) in [5.74, 6) is -4.65. The average molecular weight is 408 g/mol. The van der Waals surface area contributed by atoms with Crippen LogP contribution in [-0.2, 0) is 4.74 Å². The third-order valence-electron chi connectivity index (χ3n) is 3.41. The highest BCUT2D eigenvalue weighted by molar-refractivity contribution is 7.14. The van der Waals surface area contributed by atoms with Crippen LogP contribution in [0, 0.1) is 0 Å². The number of fused-ring (bicyclic) bond motifs is 1. The Balaban J connectivity index is 1.66. The van der Waals surface area contributed by atoms with Gasteiger partial charge < -0.3 is 14.5 Å². The summed E-state index contributed by atoms with van der Waals surface area (Å²) < 4.78 is 31.3. The van der Waals surface area contributed by atoms with Gasteiger partial charge in [0, 0.05) is 19.3 Å². The second-order valence-electron chi connectivity index (χ2n) is 5.81. The molecule has 3 aromatic rings. The van der Waals surface area contributed by atoms with Crippen molar-refractivity contribution in [2.24, 2.45) is 0 Å². The van der Waals surface area contributed by atoms with Crippen LogP contribution >= 0.6 is 11.3 Å². The summed E-state index contributed by atoms with van der Waals surface area (Å²) in [6.45, 7) is -0.582. The zero-order valence-electron chi connectivity index (χ0n) is 14.4. The van der Waals surface area contributed by atoms with E-state index in [-0.39, 0.29) is 16.3 Å². The summed E-state index contributed by atoms with van der Waals surface area (Å²) in [5, 5.41) is 6.08. The lowest BCUT2D eigenvalue weighted by atomic mass is 10.3. The summed E-state index contributed by atoms with van der Waals surface area (Å²) in [5.41, 5.74) is 0.699. The zero-order chi connectivity index (χ0) is 20.3. The summed E-state index contributed by atoms with van der Waals surface area (Å²) >= 11 is 1.05. The average Bonchev–Trinajstić information content (AvgIpc) is 3.25. The summed E-state index contributed by atoms with van der Waals surface area (Å²) in [4.78, 5) is 40.2. The van der Waals surface area contributed by atoms with Crippen molar-refractivity contribution in [3.05, 3.63) is 53.3 Å². The smallest absolute Gasteiger partial charge is 0.414 e. The zero-order valence-corrected chi connectivity index (χ0v) is 15.3. The normalized spacial score (nSPS) is 11.2. The number of rotatable bonds is 5. The van der Waals surface area contributed by atoms with Gasteiger partial charge in [0.2, 0.25) is 0 Å². The molecule has 3 rings (SSSR count). The van der Waals surface area contributed by atoms with E-state index in [2.05, 4.69) is 15.0 Å². The maximum absolute atomic E-state index is 12.7. The van der Waals surface area contributed by atoms with Crippen LogP contribution in [0.1, 0.15) is 27.8 Å². The lowest BCUT2D eigenvalue weighted by Gasteiger charge is -2.11. The van der Waals surface area contributed by atoms with Crippen molar-refractivity contribution >= 4 is 39.9 Å². The Kier molecular flexibility index (Phi) is 5.36. The van der Waals surface area contributed by atoms with E-state index in [9.17, 15) is 23.2 Å². The van der Waals surface area contributed by atoms with Crippen molar-refractivity contribution in [2.45, 2.75) is 12.8 Å². The molecule has 3 aromatic heterocycles. The number of carbonyl (C=O) groups excluding carboxylic acids is 3. The molecule has 0 unspecified atom stereocenters. The number of aromatic nitrogens is 2. The number of alkyl halides is 2. The van der Waals surface area contributed by atoms with Gasteiger partial charge in [0.15, 0.2) is 6.61 Å². The van der Waals surface area contributed by atoms with Crippen LogP contribution in [0.5, 0.6) is 0 Å². The number of alkyl carbamates (subject to hydrolysis) is 1. The first-order chi connectivity index (χ1) is 13.2. The minimum Gasteiger partial charge on any atom is -0.443 e. The molecule has 0 fully saturated rings. The standard InChI is InChI=1S/C17H14F2N4O4S/c1-17(18,19)9-27-16(26)22-13(24)10-5-7-28-15(10)21-14(25)11-8-23-6-3-2-4-12(23)20-11/h2-8H,9H2,1H3,(H,21,25)(H,22,24,26). The predicted molar refractivity (Wildman–Crippen MR) is 96.9 cm³/mol. The van der Waals surface area contributed by atoms with Crippen molar-refractivity contribution in [1.82, 2.24) is 14.7 Å². The van der Waals surface area contributed by atoms with Crippen LogP contribution in [0.25, 0.3) is 5.65 Å². The van der Waals surface area contributed by atoms with Gasteiger partial charge in [-0.05, 0) is 23.6 Å². The molecular formula is C17H14F2N4O4S. The van der Waals surface area contributed by atoms with E-state index in [4.69, 9.17) is 0 Å². The molecule has 11 heteroatoms. The molecule has 0 aromatic carbocycles. The number of imidazole rings is 1. The molecule has 0 saturated heterocycles. The highest BCUT2D eigenvalue weighted by Crippen LogP contribution is 2.24. The number of ether oxygens (including phenoxy) is 1. The van der Waals surface area contributed by atoms with E-state index >= 15 is 0 Å². The van der Waals surface area contributed by atoms with Crippen molar-refractivity contribution in [2.75, 3.05) is 11.9 Å². The summed E-state index contributed by atoms with van der Waals surface area (Å²) in [7, 11) is 0. The monoisotopic (exact) mass is 408 g/mol. The van der Waals surface area contributed by atoms with E-state index in [0.717, 1.165) is 11.3 Å². The number of carbonyl (C=O) groups is 3. The van der Waals surface area contributed by atoms with Crippen LogP contribution in [0.2, 0.25) is 0 Å². The maximum atomic E-state index is 12.7. The molecule has 0 spiro atoms. The predicted octanol–water partition coefficient (Wildman–Crippen LogP) is 3.17. The minimum atomic E-state index is -3.21. The topological polar surface area (TPSA) is 102 Å². The lowest BCUT2D eigenvalue weighted by Crippen LogP contribution is -2.34. The minimum absolute atomic E-state index is 0.0117. The molecule has 0 aliphatic heterocycles. The number of halogens is 2. The molecule has 0 atom stereocenters. The first-order valence-corrected chi connectivity index (χ1v) is 8.79. The Bertz CT molecular complexity index is 1010. The molecule has 3 heterocycles. The van der Waals surface area contributed by atoms with E-state index < -0.39 is 30.4 Å². The second kappa shape index (κ2) is 7.72. The molecule has 2 N–H and O–H groups in total. The third-order valence-corrected chi connectivity index (χ3v) is 4.24. The SMILES string of the molecule is CC(F)(F)COC(=O)NC(=O)c1ccsc1NC(=O)c1cn2ccccc2n1. The van der Waals surface area contributed by atoms with Gasteiger partial charge in [0.1, 0.15) is 16.3 Å². The Morgan fingerprint density at radius 3 is 2.75 bits per heavy atom. The number of imide groups is 1. The quantitative estimate of drug-likeness (QED) is 0.675. The van der Waals surface area contributed by atoms with Crippen LogP contribution < -0.4 is 10.6 Å². The lowest BCUT2D eigenvalue weighted by molar-refractivity contribution is -0.0382. The number of amides is 3. The fraction of sp³-hybridized carbons (Fsp3) is 0.176. The van der Waals surface area contributed by atoms with Gasteiger partial charge in [-0.1, -0.05) is 6.07 Å². The first kappa shape index (κ1) is 19.4. The number of nitrogens with zero attached hydrogens (tertiary/aromatic N) is 2. The molecule has 146 valence electrons. The Hall–Kier alpha value is -3.34. The fourth-order valence-corrected chi connectivity index (χ4v) is 2.96. The number of hydrogen-bond donors (Lipinski definition) is 2. The van der Waals surface area contributed by atoms with Gasteiger partial charge >= 0.3 is 6.09 Å². The highest BCUT2D eigenvalue weighted by atomic mass is 32.1. The maximum Gasteiger partial charge on any atom is 0.414 e. The first-order valence-electron chi connectivity index (χ1n) is 7.91. The molecule has 3 amide bonds. The molecule has 0 radical (unpaired) electrons. The van der Waals surface area contributed by atoms with E-state index in [1.54, 1.807) is 28.8 Å². The van der Waals surface area contributed by atoms with Crippen molar-refractivity contribution < 1.29 is 27.9 Å². The van der Waals surface area contributed by atoms with Gasteiger partial charge in [-0.15, -0.1) is 11.3 Å². The van der Waals surface area contributed by atoms with Gasteiger partial charge in [0.05, 0.1) is 5.56 Å². The van der Waals surface area contributed by atoms with Gasteiger partial charge in [-0.3, -0.25) is 14.9 Å². The summed E-state index contributed by atoms with van der Waals surface area (Å²) in [6.07, 6.45) is 1.95. The van der Waals surface area contributed by atoms with Crippen LogP contribution in [0.15, 0.2) is 42.0 Å². The summed E-state index contributed by atoms with van der Waals surface area (Å²) in [6, 6.07) is 6.66. The number of pyridine rings is 1. The molecule has 0 aliphatic carbocycles. The number of hydrogen-bond acceptors (Lipinski definition) is 6. The molecule has 0 aliphatic rings. The molecule has 28 heavy (non-hydrogen) atoms. The van der Waals surface area contributed by atoms with E-state index in [0.29, 0.717) is 12.6 Å². The Morgan fingerprint density at radius 1 is 1.25 bits per heavy atom. The molecule has 0 saturated carbocycles. The number of nitrogens with one attached hydrogen (secondary N) is 2. The van der Waals surface area contributed by atoms with Gasteiger partial charge in [-0.2, -0.15) is 0 Å². The molecule has 0 bridgehead atoms. The van der Waals surface area contributed by atoms with Crippen LogP contribution in [-0.4, -0.2) is 39.8 Å². The molecule has 8 nitrogen and oxygen atoms in total. The second-order valence-corrected chi connectivity index (χ2v) is 6.73. The van der Waals surface area contributed by atoms with Crippen LogP contribution in [0.3, 0.4) is 0 Å². The molecular weight excluding hydrogens is 394 g/mol. The fourth-order valence-electron chi connectivity index (χ4n) is 2.18. The third kappa shape index (κ3) is 4.68. The Morgan fingerprint density at radius 2 is 2.04 bits per heavy atom. The largest absolute Gasteiger partial charge is 0.443 e. The Labute approximate surface area is 161 Å².